The fraction of sp³-hybridized carbons (Fsp3) is 0.474. The molecule has 2 N–H and O–H groups in total. The van der Waals surface area contributed by atoms with Gasteiger partial charge in [-0.1, -0.05) is 11.6 Å². The van der Waals surface area contributed by atoms with Gasteiger partial charge in [-0.15, -0.1) is 0 Å². The van der Waals surface area contributed by atoms with Crippen LogP contribution in [0.15, 0.2) is 24.7 Å². The lowest BCUT2D eigenvalue weighted by molar-refractivity contribution is -0.122. The minimum atomic E-state index is 0.0628. The second-order valence-corrected chi connectivity index (χ2v) is 6.96. The number of rotatable bonds is 8. The van der Waals surface area contributed by atoms with E-state index < -0.39 is 0 Å². The summed E-state index contributed by atoms with van der Waals surface area (Å²) < 4.78 is 5.02. The number of pyridine rings is 1. The Labute approximate surface area is 163 Å². The second kappa shape index (κ2) is 9.73. The number of hydrogen-bond acceptors (Lipinski definition) is 7. The summed E-state index contributed by atoms with van der Waals surface area (Å²) in [5.41, 5.74) is 2.06. The summed E-state index contributed by atoms with van der Waals surface area (Å²) in [4.78, 5) is 25.6. The average molecular weight is 390 g/mol. The highest BCUT2D eigenvalue weighted by molar-refractivity contribution is 6.33. The van der Waals surface area contributed by atoms with Crippen LogP contribution in [0.3, 0.4) is 0 Å². The van der Waals surface area contributed by atoms with Gasteiger partial charge in [0.15, 0.2) is 0 Å². The van der Waals surface area contributed by atoms with Crippen molar-refractivity contribution in [2.24, 2.45) is 5.92 Å². The molecule has 1 aliphatic heterocycles. The first-order chi connectivity index (χ1) is 13.2. The maximum atomic E-state index is 12.5. The van der Waals surface area contributed by atoms with Gasteiger partial charge in [-0.25, -0.2) is 4.98 Å². The van der Waals surface area contributed by atoms with Crippen LogP contribution in [0, 0.1) is 5.92 Å². The highest BCUT2D eigenvalue weighted by atomic mass is 35.5. The van der Waals surface area contributed by atoms with Crippen molar-refractivity contribution in [3.05, 3.63) is 35.4 Å². The lowest BCUT2D eigenvalue weighted by atomic mass is 9.92. The molecule has 144 valence electrons. The molecule has 1 aliphatic rings. The number of ether oxygens (including phenoxy) is 1. The van der Waals surface area contributed by atoms with E-state index in [-0.39, 0.29) is 11.7 Å². The van der Waals surface area contributed by atoms with Gasteiger partial charge in [-0.05, 0) is 25.5 Å². The van der Waals surface area contributed by atoms with Crippen molar-refractivity contribution in [2.75, 3.05) is 38.7 Å². The van der Waals surface area contributed by atoms with Crippen LogP contribution < -0.4 is 10.6 Å². The maximum absolute atomic E-state index is 12.5. The van der Waals surface area contributed by atoms with Crippen molar-refractivity contribution in [2.45, 2.75) is 19.3 Å². The van der Waals surface area contributed by atoms with E-state index in [4.69, 9.17) is 16.3 Å². The molecule has 27 heavy (non-hydrogen) atoms. The molecule has 2 aromatic heterocycles. The highest BCUT2D eigenvalue weighted by Gasteiger charge is 2.21. The van der Waals surface area contributed by atoms with E-state index >= 15 is 0 Å². The average Bonchev–Trinajstić information content (AvgIpc) is 2.70. The van der Waals surface area contributed by atoms with Gasteiger partial charge in [-0.3, -0.25) is 14.8 Å². The highest BCUT2D eigenvalue weighted by Crippen LogP contribution is 2.27. The van der Waals surface area contributed by atoms with Crippen LogP contribution in [0.25, 0.3) is 11.3 Å². The number of aromatic nitrogens is 3. The topological polar surface area (TPSA) is 89.0 Å². The number of anilines is 1. The molecule has 0 saturated carbocycles. The van der Waals surface area contributed by atoms with Gasteiger partial charge in [0.05, 0.1) is 29.7 Å². The molecule has 0 spiro atoms. The van der Waals surface area contributed by atoms with Crippen molar-refractivity contribution in [3.8, 4) is 11.3 Å². The standard InChI is InChI=1S/C19H24ClN5O2/c1-27-6-5-23-19-12-22-11-17(25-19)15-7-14(24-10-16(15)20)8-18(26)13-3-2-4-21-9-13/h7,10-13,21H,2-6,8-9H2,1H3,(H,23,25)/t13-/m1/s1. The summed E-state index contributed by atoms with van der Waals surface area (Å²) in [6.45, 7) is 2.94. The van der Waals surface area contributed by atoms with Gasteiger partial charge in [0, 0.05) is 50.0 Å². The summed E-state index contributed by atoms with van der Waals surface area (Å²) in [6, 6.07) is 1.83. The van der Waals surface area contributed by atoms with Crippen molar-refractivity contribution >= 4 is 23.2 Å². The van der Waals surface area contributed by atoms with Gasteiger partial charge in [0.1, 0.15) is 11.6 Å². The Morgan fingerprint density at radius 1 is 1.41 bits per heavy atom. The molecule has 0 aromatic carbocycles. The number of methoxy groups -OCH3 is 1. The van der Waals surface area contributed by atoms with Crippen LogP contribution in [0.5, 0.6) is 0 Å². The number of carbonyl (C=O) groups excluding carboxylic acids is 1. The summed E-state index contributed by atoms with van der Waals surface area (Å²) in [5.74, 6) is 0.917. The number of hydrogen-bond donors (Lipinski definition) is 2. The van der Waals surface area contributed by atoms with Crippen LogP contribution in [0.2, 0.25) is 5.02 Å². The van der Waals surface area contributed by atoms with Crippen LogP contribution in [-0.4, -0.2) is 54.1 Å². The smallest absolute Gasteiger partial charge is 0.145 e. The number of carbonyl (C=O) groups is 1. The van der Waals surface area contributed by atoms with Gasteiger partial charge >= 0.3 is 0 Å². The zero-order valence-electron chi connectivity index (χ0n) is 15.4. The molecule has 0 amide bonds. The Kier molecular flexibility index (Phi) is 7.09. The molecule has 1 saturated heterocycles. The van der Waals surface area contributed by atoms with Crippen LogP contribution >= 0.6 is 11.6 Å². The largest absolute Gasteiger partial charge is 0.383 e. The minimum Gasteiger partial charge on any atom is -0.383 e. The second-order valence-electron chi connectivity index (χ2n) is 6.55. The number of piperidine rings is 1. The summed E-state index contributed by atoms with van der Waals surface area (Å²) in [6.07, 6.45) is 7.15. The van der Waals surface area contributed by atoms with E-state index in [0.29, 0.717) is 41.8 Å². The predicted octanol–water partition coefficient (Wildman–Crippen LogP) is 2.36. The Bertz CT molecular complexity index is 780. The quantitative estimate of drug-likeness (QED) is 0.670. The molecule has 0 radical (unpaired) electrons. The summed E-state index contributed by atoms with van der Waals surface area (Å²) in [7, 11) is 1.65. The van der Waals surface area contributed by atoms with Crippen LogP contribution in [0.4, 0.5) is 5.82 Å². The first-order valence-corrected chi connectivity index (χ1v) is 9.48. The molecule has 0 bridgehead atoms. The molecule has 8 heteroatoms. The molecule has 1 fully saturated rings. The first-order valence-electron chi connectivity index (χ1n) is 9.10. The van der Waals surface area contributed by atoms with E-state index in [0.717, 1.165) is 31.5 Å². The van der Waals surface area contributed by atoms with E-state index in [1.165, 1.54) is 0 Å². The van der Waals surface area contributed by atoms with Gasteiger partial charge < -0.3 is 15.4 Å². The Morgan fingerprint density at radius 3 is 3.07 bits per heavy atom. The molecule has 7 nitrogen and oxygen atoms in total. The Morgan fingerprint density at radius 2 is 2.30 bits per heavy atom. The zero-order chi connectivity index (χ0) is 19.1. The molecular weight excluding hydrogens is 366 g/mol. The fourth-order valence-electron chi connectivity index (χ4n) is 3.09. The molecule has 3 rings (SSSR count). The van der Waals surface area contributed by atoms with E-state index in [2.05, 4.69) is 25.6 Å². The van der Waals surface area contributed by atoms with Crippen LogP contribution in [0.1, 0.15) is 18.5 Å². The third-order valence-corrected chi connectivity index (χ3v) is 4.84. The Balaban J connectivity index is 1.75. The fourth-order valence-corrected chi connectivity index (χ4v) is 3.29. The van der Waals surface area contributed by atoms with Gasteiger partial charge in [-0.2, -0.15) is 0 Å². The van der Waals surface area contributed by atoms with Crippen molar-refractivity contribution < 1.29 is 9.53 Å². The lowest BCUT2D eigenvalue weighted by Gasteiger charge is -2.21. The van der Waals surface area contributed by atoms with Gasteiger partial charge in [0.2, 0.25) is 0 Å². The first kappa shape index (κ1) is 19.7. The number of nitrogens with one attached hydrogen (secondary N) is 2. The van der Waals surface area contributed by atoms with Crippen molar-refractivity contribution in [1.29, 1.82) is 0 Å². The number of halogens is 1. The third-order valence-electron chi connectivity index (χ3n) is 4.54. The molecule has 1 atom stereocenters. The van der Waals surface area contributed by atoms with E-state index in [1.807, 2.05) is 6.07 Å². The number of ketones is 1. The third kappa shape index (κ3) is 5.45. The molecule has 2 aromatic rings. The molecule has 3 heterocycles. The lowest BCUT2D eigenvalue weighted by Crippen LogP contribution is -2.35. The zero-order valence-corrected chi connectivity index (χ0v) is 16.1. The Hall–Kier alpha value is -2.09. The summed E-state index contributed by atoms with van der Waals surface area (Å²) in [5, 5.41) is 6.91. The maximum Gasteiger partial charge on any atom is 0.145 e. The van der Waals surface area contributed by atoms with Crippen LogP contribution in [-0.2, 0) is 16.0 Å². The summed E-state index contributed by atoms with van der Waals surface area (Å²) >= 11 is 6.33. The minimum absolute atomic E-state index is 0.0628. The van der Waals surface area contributed by atoms with E-state index in [9.17, 15) is 4.79 Å². The molecule has 0 unspecified atom stereocenters. The normalized spacial score (nSPS) is 16.9. The van der Waals surface area contributed by atoms with Gasteiger partial charge in [0.25, 0.3) is 0 Å². The van der Waals surface area contributed by atoms with Crippen molar-refractivity contribution in [3.63, 3.8) is 0 Å². The van der Waals surface area contributed by atoms with E-state index in [1.54, 1.807) is 25.7 Å². The monoisotopic (exact) mass is 389 g/mol. The number of nitrogens with zero attached hydrogens (tertiary/aromatic N) is 3. The molecule has 0 aliphatic carbocycles. The predicted molar refractivity (Wildman–Crippen MR) is 105 cm³/mol. The molecular formula is C19H24ClN5O2. The SMILES string of the molecule is COCCNc1cncc(-c2cc(CC(=O)[C@@H]3CCCNC3)ncc2Cl)n1. The van der Waals surface area contributed by atoms with Crippen molar-refractivity contribution in [1.82, 2.24) is 20.3 Å². The number of Topliss-reactive ketones (excluding diaryl/α,β-unsaturated/α-hetero) is 1.